The third-order valence-electron chi connectivity index (χ3n) is 22.5. The molecule has 12 unspecified atom stereocenters. The molecule has 8 aliphatic rings. The largest absolute Gasteiger partial charge is 0.460 e. The molecular formula is C72H88O14. The summed E-state index contributed by atoms with van der Waals surface area (Å²) >= 11 is 0. The molecule has 0 N–H and O–H groups in total. The van der Waals surface area contributed by atoms with Gasteiger partial charge in [-0.25, -0.2) is 14.4 Å². The molecule has 86 heavy (non-hydrogen) atoms. The molecule has 5 aliphatic carbocycles. The van der Waals surface area contributed by atoms with Gasteiger partial charge >= 0.3 is 23.9 Å². The molecule has 4 aromatic rings. The molecule has 4 saturated carbocycles. The molecule has 14 heteroatoms. The molecule has 460 valence electrons. The highest BCUT2D eigenvalue weighted by molar-refractivity contribution is 5.91. The van der Waals surface area contributed by atoms with Crippen molar-refractivity contribution in [3.8, 4) is 0 Å². The van der Waals surface area contributed by atoms with Crippen LogP contribution in [0.5, 0.6) is 0 Å². The minimum Gasteiger partial charge on any atom is -0.460 e. The lowest BCUT2D eigenvalue weighted by Gasteiger charge is -2.71. The van der Waals surface area contributed by atoms with Crippen molar-refractivity contribution in [3.05, 3.63) is 155 Å². The van der Waals surface area contributed by atoms with Gasteiger partial charge in [0, 0.05) is 0 Å². The van der Waals surface area contributed by atoms with E-state index in [4.69, 9.17) is 47.4 Å². The minimum absolute atomic E-state index is 0.00928. The van der Waals surface area contributed by atoms with Crippen molar-refractivity contribution in [2.45, 2.75) is 207 Å². The van der Waals surface area contributed by atoms with Crippen LogP contribution in [0.1, 0.15) is 170 Å². The molecule has 14 nitrogen and oxygen atoms in total. The number of carbonyl (C=O) groups excluding carboxylic acids is 4. The molecule has 3 heterocycles. The number of hydrogen-bond acceptors (Lipinski definition) is 14. The van der Waals surface area contributed by atoms with Crippen molar-refractivity contribution in [1.82, 2.24) is 0 Å². The fourth-order valence-corrected chi connectivity index (χ4v) is 17.8. The van der Waals surface area contributed by atoms with E-state index in [1.165, 1.54) is 5.57 Å². The third-order valence-corrected chi connectivity index (χ3v) is 22.5. The van der Waals surface area contributed by atoms with Crippen molar-refractivity contribution in [1.29, 1.82) is 0 Å². The number of esters is 4. The molecule has 12 rings (SSSR count). The number of carbonyl (C=O) groups is 4. The van der Waals surface area contributed by atoms with Crippen LogP contribution < -0.4 is 0 Å². The zero-order chi connectivity index (χ0) is 60.6. The van der Waals surface area contributed by atoms with Crippen LogP contribution in [0, 0.1) is 50.2 Å². The molecule has 0 spiro atoms. The van der Waals surface area contributed by atoms with Crippen molar-refractivity contribution in [3.63, 3.8) is 0 Å². The highest BCUT2D eigenvalue weighted by atomic mass is 16.8. The summed E-state index contributed by atoms with van der Waals surface area (Å²) in [6.07, 6.45) is 1.68. The highest BCUT2D eigenvalue weighted by Crippen LogP contribution is 2.76. The van der Waals surface area contributed by atoms with Gasteiger partial charge in [-0.05, 0) is 172 Å². The fraction of sp³-hybridized carbons (Fsp3) is 0.583. The second-order valence-electron chi connectivity index (χ2n) is 28.8. The number of ether oxygens (including phenoxy) is 10. The van der Waals surface area contributed by atoms with E-state index in [1.54, 1.807) is 97.9 Å². The molecule has 0 amide bonds. The number of allylic oxidation sites excluding steroid dienone is 2. The van der Waals surface area contributed by atoms with Crippen molar-refractivity contribution >= 4 is 23.9 Å². The Hall–Kier alpha value is -5.74. The maximum atomic E-state index is 14.7. The first-order valence-electron chi connectivity index (χ1n) is 31.6. The van der Waals surface area contributed by atoms with E-state index in [0.29, 0.717) is 12.5 Å². The summed E-state index contributed by atoms with van der Waals surface area (Å²) in [5.41, 5.74) is 2.34. The van der Waals surface area contributed by atoms with Crippen molar-refractivity contribution < 1.29 is 66.5 Å². The Bertz CT molecular complexity index is 3150. The molecule has 0 radical (unpaired) electrons. The van der Waals surface area contributed by atoms with E-state index in [9.17, 15) is 19.2 Å². The average Bonchev–Trinajstić information content (AvgIpc) is 0.764. The first-order chi connectivity index (χ1) is 41.0. The summed E-state index contributed by atoms with van der Waals surface area (Å²) < 4.78 is 66.7. The van der Waals surface area contributed by atoms with Crippen LogP contribution in [0.25, 0.3) is 0 Å². The number of hydrogen-bond donors (Lipinski definition) is 0. The Morgan fingerprint density at radius 1 is 0.570 bits per heavy atom. The van der Waals surface area contributed by atoms with Crippen LogP contribution in [0.15, 0.2) is 133 Å². The summed E-state index contributed by atoms with van der Waals surface area (Å²) in [6.45, 7) is 23.0. The molecule has 0 bridgehead atoms. The lowest BCUT2D eigenvalue weighted by Crippen LogP contribution is -2.66. The quantitative estimate of drug-likeness (QED) is 0.0538. The highest BCUT2D eigenvalue weighted by Gasteiger charge is 2.70. The molecule has 0 aromatic heterocycles. The Kier molecular flexibility index (Phi) is 16.2. The minimum atomic E-state index is -1.51. The summed E-state index contributed by atoms with van der Waals surface area (Å²) in [5, 5.41) is 0. The van der Waals surface area contributed by atoms with E-state index >= 15 is 0 Å². The Balaban J connectivity index is 0.832. The van der Waals surface area contributed by atoms with Gasteiger partial charge in [0.2, 0.25) is 0 Å². The molecule has 17 atom stereocenters. The fourth-order valence-electron chi connectivity index (χ4n) is 17.8. The van der Waals surface area contributed by atoms with Gasteiger partial charge in [0.1, 0.15) is 24.9 Å². The molecule has 4 aromatic carbocycles. The molecular weight excluding hydrogens is 1090 g/mol. The zero-order valence-corrected chi connectivity index (χ0v) is 51.8. The SMILES string of the molecule is CC1OC(OC2C(O[C@H]3CC[C@@]4(C)C(CC[C@]5(C)C4CC=C4C6CC(C)(C)CC[C@]6(C(=O)OCc6ccccc6)CC[C@]45C)C3(C)C)OCC3OC(C)(C)OC32)C(OC(=O)c2ccccc2)C(OC(=O)c2ccccc2)C1OC(=O)c1ccccc1. The topological polar surface area (TPSA) is 161 Å². The summed E-state index contributed by atoms with van der Waals surface area (Å²) in [4.78, 5) is 57.3. The van der Waals surface area contributed by atoms with Crippen LogP contribution in [0.4, 0.5) is 0 Å². The van der Waals surface area contributed by atoms with E-state index < -0.39 is 84.4 Å². The van der Waals surface area contributed by atoms with E-state index in [2.05, 4.69) is 54.5 Å². The van der Waals surface area contributed by atoms with E-state index in [-0.39, 0.29) is 74.3 Å². The van der Waals surface area contributed by atoms with Crippen molar-refractivity contribution in [2.75, 3.05) is 6.61 Å². The van der Waals surface area contributed by atoms with Crippen molar-refractivity contribution in [2.24, 2.45) is 50.2 Å². The van der Waals surface area contributed by atoms with Crippen LogP contribution in [0.2, 0.25) is 0 Å². The monoisotopic (exact) mass is 1180 g/mol. The second-order valence-corrected chi connectivity index (χ2v) is 28.8. The van der Waals surface area contributed by atoms with Gasteiger partial charge in [-0.1, -0.05) is 145 Å². The summed E-state index contributed by atoms with van der Waals surface area (Å²) in [7, 11) is 0. The predicted octanol–water partition coefficient (Wildman–Crippen LogP) is 13.6. The molecule has 3 saturated heterocycles. The van der Waals surface area contributed by atoms with Gasteiger partial charge in [0.25, 0.3) is 0 Å². The van der Waals surface area contributed by atoms with Gasteiger partial charge in [-0.15, -0.1) is 0 Å². The van der Waals surface area contributed by atoms with E-state index in [0.717, 1.165) is 69.8 Å². The number of fused-ring (bicyclic) bond motifs is 8. The van der Waals surface area contributed by atoms with Gasteiger partial charge in [0.05, 0.1) is 40.9 Å². The molecule has 7 fully saturated rings. The first kappa shape index (κ1) is 60.5. The molecule has 3 aliphatic heterocycles. The van der Waals surface area contributed by atoms with Gasteiger partial charge < -0.3 is 47.4 Å². The van der Waals surface area contributed by atoms with Gasteiger partial charge in [-0.3, -0.25) is 4.79 Å². The maximum absolute atomic E-state index is 14.7. The standard InChI is InChI=1S/C72H88O14/c1-44-55(81-60(73)46-25-17-12-18-26-46)57(82-61(74)47-27-19-13-20-28-47)59(83-62(75)48-29-21-14-22-30-48)64(79-44)84-58-56-51(85-68(6,7)86-56)43-77-63(58)80-54-34-35-69(8)52(67(54,4)5)33-36-71(10)53(69)32-31-49-50-41-66(2,3)37-39-72(50,40-38-70(49,71)9)65(76)78-42-45-23-15-11-16-24-45/h11-31,44,50-59,63-64H,32-43H2,1-10H3/t44?,50?,51?,52?,53?,54-,55?,56?,57?,58?,59?,63?,64?,69-,70+,71+,72-/m0/s1. The smallest absolute Gasteiger partial charge is 0.338 e. The average molecular weight is 1180 g/mol. The van der Waals surface area contributed by atoms with E-state index in [1.807, 2.05) is 44.2 Å². The van der Waals surface area contributed by atoms with Crippen LogP contribution in [-0.4, -0.2) is 97.7 Å². The third kappa shape index (κ3) is 10.9. The van der Waals surface area contributed by atoms with Crippen LogP contribution >= 0.6 is 0 Å². The first-order valence-corrected chi connectivity index (χ1v) is 31.6. The normalized spacial score (nSPS) is 38.2. The van der Waals surface area contributed by atoms with Gasteiger partial charge in [0.15, 0.2) is 36.7 Å². The predicted molar refractivity (Wildman–Crippen MR) is 320 cm³/mol. The lowest BCUT2D eigenvalue weighted by atomic mass is 9.33. The Morgan fingerprint density at radius 3 is 1.76 bits per heavy atom. The van der Waals surface area contributed by atoms with Gasteiger partial charge in [-0.2, -0.15) is 0 Å². The lowest BCUT2D eigenvalue weighted by molar-refractivity contribution is -0.357. The maximum Gasteiger partial charge on any atom is 0.338 e. The number of rotatable bonds is 13. The second kappa shape index (κ2) is 23.0. The Morgan fingerprint density at radius 2 is 1.14 bits per heavy atom. The van der Waals surface area contributed by atoms with Crippen LogP contribution in [-0.2, 0) is 58.8 Å². The summed E-state index contributed by atoms with van der Waals surface area (Å²) in [5.74, 6) is -2.41. The summed E-state index contributed by atoms with van der Waals surface area (Å²) in [6, 6.07) is 35.5. The van der Waals surface area contributed by atoms with Crippen LogP contribution in [0.3, 0.4) is 0 Å². The zero-order valence-electron chi connectivity index (χ0n) is 51.8. The number of benzene rings is 4. The Labute approximate surface area is 507 Å².